The lowest BCUT2D eigenvalue weighted by atomic mass is 9.90. The van der Waals surface area contributed by atoms with Gasteiger partial charge in [-0.1, -0.05) is 53.2 Å². The Balaban J connectivity index is 3.49. The summed E-state index contributed by atoms with van der Waals surface area (Å²) >= 11 is 0. The summed E-state index contributed by atoms with van der Waals surface area (Å²) in [6.07, 6.45) is 4.96. The number of ether oxygens (including phenoxy) is 1. The average molecular weight is 421 g/mol. The highest BCUT2D eigenvalue weighted by molar-refractivity contribution is 6.77. The molecule has 1 unspecified atom stereocenters. The summed E-state index contributed by atoms with van der Waals surface area (Å²) in [5.74, 6) is -0.475. The van der Waals surface area contributed by atoms with E-state index >= 15 is 0 Å². The summed E-state index contributed by atoms with van der Waals surface area (Å²) in [6.45, 7) is 19.1. The van der Waals surface area contributed by atoms with Crippen LogP contribution in [0.2, 0.25) is 16.6 Å². The van der Waals surface area contributed by atoms with Crippen LogP contribution in [0.25, 0.3) is 0 Å². The van der Waals surface area contributed by atoms with E-state index in [9.17, 15) is 9.59 Å². The van der Waals surface area contributed by atoms with E-state index in [1.54, 1.807) is 13.0 Å². The van der Waals surface area contributed by atoms with Crippen LogP contribution in [0, 0.1) is 0 Å². The van der Waals surface area contributed by atoms with Gasteiger partial charge >= 0.3 is 0 Å². The fourth-order valence-electron chi connectivity index (χ4n) is 4.64. The molecule has 0 fully saturated rings. The Labute approximate surface area is 178 Å². The predicted octanol–water partition coefficient (Wildman–Crippen LogP) is 6.29. The maximum Gasteiger partial charge on any atom is 0.232 e. The zero-order valence-corrected chi connectivity index (χ0v) is 21.0. The van der Waals surface area contributed by atoms with Crippen molar-refractivity contribution in [3.63, 3.8) is 0 Å². The Morgan fingerprint density at radius 1 is 1.00 bits per heavy atom. The van der Waals surface area contributed by atoms with Crippen molar-refractivity contribution in [1.82, 2.24) is 0 Å². The van der Waals surface area contributed by atoms with Crippen LogP contribution in [0.15, 0.2) is 34.6 Å². The van der Waals surface area contributed by atoms with Gasteiger partial charge in [0.05, 0.1) is 13.2 Å². The summed E-state index contributed by atoms with van der Waals surface area (Å²) in [5, 5.41) is 0. The van der Waals surface area contributed by atoms with Gasteiger partial charge in [0.15, 0.2) is 0 Å². The molecule has 4 nitrogen and oxygen atoms in total. The molecule has 0 radical (unpaired) electrons. The second kappa shape index (κ2) is 10.5. The number of rotatable bonds is 10. The first-order valence-electron chi connectivity index (χ1n) is 10.8. The van der Waals surface area contributed by atoms with Gasteiger partial charge in [-0.2, -0.15) is 0 Å². The molecule has 0 heterocycles. The van der Waals surface area contributed by atoms with Gasteiger partial charge in [-0.05, 0) is 56.3 Å². The number of hydrogen-bond donors (Lipinski definition) is 0. The normalized spacial score (nSPS) is 16.7. The van der Waals surface area contributed by atoms with E-state index in [0.717, 1.165) is 6.42 Å². The van der Waals surface area contributed by atoms with Gasteiger partial charge < -0.3 is 9.16 Å². The summed E-state index contributed by atoms with van der Waals surface area (Å²) in [4.78, 5) is 25.5. The maximum absolute atomic E-state index is 12.9. The lowest BCUT2D eigenvalue weighted by Gasteiger charge is -2.45. The standard InChI is InChI=1S/C24H40O4Si/c1-15(2)12-11-13-21(28-29(16(3)4,17(5)6)18(7)8)20-14-22(27-10)19(9)23(25)24(20)26/h12,14,16-18,21H,11,13H2,1-10H3. The van der Waals surface area contributed by atoms with Crippen molar-refractivity contribution in [1.29, 1.82) is 0 Å². The Kier molecular flexibility index (Phi) is 9.29. The van der Waals surface area contributed by atoms with E-state index in [0.29, 0.717) is 39.9 Å². The number of carbonyl (C=O) groups is 2. The molecule has 0 spiro atoms. The number of methoxy groups -OCH3 is 1. The largest absolute Gasteiger partial charge is 0.496 e. The zero-order chi connectivity index (χ0) is 22.5. The van der Waals surface area contributed by atoms with E-state index in [4.69, 9.17) is 9.16 Å². The van der Waals surface area contributed by atoms with Gasteiger partial charge in [-0.3, -0.25) is 9.59 Å². The third-order valence-electron chi connectivity index (χ3n) is 6.07. The molecule has 0 N–H and O–H groups in total. The van der Waals surface area contributed by atoms with Crippen molar-refractivity contribution in [3.8, 4) is 0 Å². The second-order valence-corrected chi connectivity index (χ2v) is 14.6. The topological polar surface area (TPSA) is 52.6 Å². The molecule has 0 amide bonds. The number of ketones is 2. The van der Waals surface area contributed by atoms with Crippen molar-refractivity contribution in [3.05, 3.63) is 34.6 Å². The molecule has 0 aromatic rings. The average Bonchev–Trinajstić information content (AvgIpc) is 2.62. The molecule has 164 valence electrons. The third kappa shape index (κ3) is 5.57. The van der Waals surface area contributed by atoms with E-state index in [2.05, 4.69) is 61.5 Å². The highest BCUT2D eigenvalue weighted by Crippen LogP contribution is 2.44. The molecule has 0 aliphatic heterocycles. The first-order valence-corrected chi connectivity index (χ1v) is 12.9. The van der Waals surface area contributed by atoms with Crippen molar-refractivity contribution < 1.29 is 18.8 Å². The minimum Gasteiger partial charge on any atom is -0.496 e. The third-order valence-corrected chi connectivity index (χ3v) is 12.2. The SMILES string of the molecule is COC1=C(C)C(=O)C(=O)C(C(CCC=C(C)C)O[Si](C(C)C)(C(C)C)C(C)C)=C1. The lowest BCUT2D eigenvalue weighted by Crippen LogP contribution is -2.51. The monoisotopic (exact) mass is 420 g/mol. The number of Topliss-reactive ketones (excluding diaryl/α,β-unsaturated/α-hetero) is 2. The molecule has 1 rings (SSSR count). The first-order chi connectivity index (χ1) is 13.4. The van der Waals surface area contributed by atoms with E-state index in [-0.39, 0.29) is 0 Å². The Morgan fingerprint density at radius 2 is 1.52 bits per heavy atom. The highest BCUT2D eigenvalue weighted by Gasteiger charge is 2.48. The van der Waals surface area contributed by atoms with Gasteiger partial charge in [-0.25, -0.2) is 0 Å². The van der Waals surface area contributed by atoms with Crippen molar-refractivity contribution >= 4 is 19.9 Å². The molecule has 0 bridgehead atoms. The van der Waals surface area contributed by atoms with E-state index in [1.165, 1.54) is 12.7 Å². The summed E-state index contributed by atoms with van der Waals surface area (Å²) in [6, 6.07) is 0. The minimum absolute atomic E-state index is 0.365. The first kappa shape index (κ1) is 25.6. The summed E-state index contributed by atoms with van der Waals surface area (Å²) in [5.41, 5.74) is 3.22. The lowest BCUT2D eigenvalue weighted by molar-refractivity contribution is -0.133. The Morgan fingerprint density at radius 3 is 1.93 bits per heavy atom. The summed E-state index contributed by atoms with van der Waals surface area (Å²) in [7, 11) is -0.702. The molecule has 1 aliphatic rings. The van der Waals surface area contributed by atoms with E-state index in [1.807, 2.05) is 0 Å². The van der Waals surface area contributed by atoms with Crippen LogP contribution in [-0.2, 0) is 18.8 Å². The molecule has 0 saturated carbocycles. The van der Waals surface area contributed by atoms with Gasteiger partial charge in [-0.15, -0.1) is 0 Å². The van der Waals surface area contributed by atoms with Gasteiger partial charge in [0.25, 0.3) is 0 Å². The molecule has 1 aliphatic carbocycles. The highest BCUT2D eigenvalue weighted by atomic mass is 28.4. The van der Waals surface area contributed by atoms with Crippen molar-refractivity contribution in [2.45, 2.75) is 97.9 Å². The molecular weight excluding hydrogens is 380 g/mol. The van der Waals surface area contributed by atoms with E-state index < -0.39 is 26.0 Å². The fraction of sp³-hybridized carbons (Fsp3) is 0.667. The molecular formula is C24H40O4Si. The van der Waals surface area contributed by atoms with Crippen LogP contribution < -0.4 is 0 Å². The second-order valence-electron chi connectivity index (χ2n) is 9.23. The smallest absolute Gasteiger partial charge is 0.232 e. The Hall–Kier alpha value is -1.46. The van der Waals surface area contributed by atoms with Crippen molar-refractivity contribution in [2.24, 2.45) is 0 Å². The molecule has 0 aromatic carbocycles. The minimum atomic E-state index is -2.23. The predicted molar refractivity (Wildman–Crippen MR) is 122 cm³/mol. The fourth-order valence-corrected chi connectivity index (χ4v) is 10.2. The summed E-state index contributed by atoms with van der Waals surface area (Å²) < 4.78 is 12.4. The van der Waals surface area contributed by atoms with Crippen LogP contribution in [0.3, 0.4) is 0 Å². The van der Waals surface area contributed by atoms with Crippen LogP contribution in [0.1, 0.15) is 75.2 Å². The van der Waals surface area contributed by atoms with Gasteiger partial charge in [0.1, 0.15) is 5.76 Å². The van der Waals surface area contributed by atoms with Crippen LogP contribution in [0.5, 0.6) is 0 Å². The van der Waals surface area contributed by atoms with Crippen molar-refractivity contribution in [2.75, 3.05) is 7.11 Å². The number of hydrogen-bond acceptors (Lipinski definition) is 4. The molecule has 5 heteroatoms. The molecule has 1 atom stereocenters. The quantitative estimate of drug-likeness (QED) is 0.180. The van der Waals surface area contributed by atoms with Crippen LogP contribution in [0.4, 0.5) is 0 Å². The number of allylic oxidation sites excluding steroid dienone is 4. The van der Waals surface area contributed by atoms with Gasteiger partial charge in [0.2, 0.25) is 19.9 Å². The maximum atomic E-state index is 12.9. The molecule has 0 saturated heterocycles. The zero-order valence-electron chi connectivity index (χ0n) is 20.0. The van der Waals surface area contributed by atoms with Crippen LogP contribution in [-0.4, -0.2) is 33.1 Å². The Bertz CT molecular complexity index is 685. The van der Waals surface area contributed by atoms with Crippen LogP contribution >= 0.6 is 0 Å². The van der Waals surface area contributed by atoms with Gasteiger partial charge in [0, 0.05) is 11.1 Å². The number of carbonyl (C=O) groups excluding carboxylic acids is 2. The molecule has 29 heavy (non-hydrogen) atoms. The molecule has 0 aromatic heterocycles.